The van der Waals surface area contributed by atoms with Crippen LogP contribution in [0.4, 0.5) is 0 Å². The molecule has 0 bridgehead atoms. The predicted molar refractivity (Wildman–Crippen MR) is 86.8 cm³/mol. The van der Waals surface area contributed by atoms with Gasteiger partial charge < -0.3 is 5.32 Å². The summed E-state index contributed by atoms with van der Waals surface area (Å²) in [5.41, 5.74) is 2.36. The van der Waals surface area contributed by atoms with Gasteiger partial charge in [0.15, 0.2) is 0 Å². The standard InChI is InChI=1S/C13H12Br2ClNS/c1-7-10(6-12(15)18-7)13(17-2)9-4-3-8(14)5-11(9)16/h3-6,13,17H,1-2H3. The van der Waals surface area contributed by atoms with E-state index in [2.05, 4.69) is 56.2 Å². The molecule has 0 spiro atoms. The average molecular weight is 410 g/mol. The molecular weight excluding hydrogens is 397 g/mol. The highest BCUT2D eigenvalue weighted by molar-refractivity contribution is 9.11. The van der Waals surface area contributed by atoms with Crippen molar-refractivity contribution in [3.05, 3.63) is 53.6 Å². The maximum Gasteiger partial charge on any atom is 0.0704 e. The van der Waals surface area contributed by atoms with Crippen molar-refractivity contribution in [1.82, 2.24) is 5.32 Å². The van der Waals surface area contributed by atoms with Crippen LogP contribution >= 0.6 is 54.8 Å². The average Bonchev–Trinajstić information content (AvgIpc) is 2.62. The molecule has 1 N–H and O–H groups in total. The molecule has 0 saturated carbocycles. The topological polar surface area (TPSA) is 12.0 Å². The van der Waals surface area contributed by atoms with Crippen molar-refractivity contribution in [3.8, 4) is 0 Å². The lowest BCUT2D eigenvalue weighted by Crippen LogP contribution is -2.18. The Labute approximate surface area is 133 Å². The Bertz CT molecular complexity index is 568. The van der Waals surface area contributed by atoms with Crippen LogP contribution in [0.1, 0.15) is 22.0 Å². The predicted octanol–water partition coefficient (Wildman–Crippen LogP) is 5.54. The number of rotatable bonds is 3. The fourth-order valence-corrected chi connectivity index (χ4v) is 4.49. The summed E-state index contributed by atoms with van der Waals surface area (Å²) in [7, 11) is 1.95. The molecular formula is C13H12Br2ClNS. The highest BCUT2D eigenvalue weighted by Crippen LogP contribution is 2.36. The molecule has 0 fully saturated rings. The van der Waals surface area contributed by atoms with Gasteiger partial charge in [-0.1, -0.05) is 33.6 Å². The molecule has 1 unspecified atom stereocenters. The summed E-state index contributed by atoms with van der Waals surface area (Å²) in [6.07, 6.45) is 0. The third-order valence-corrected chi connectivity index (χ3v) is 5.19. The van der Waals surface area contributed by atoms with Gasteiger partial charge in [0, 0.05) is 14.4 Å². The van der Waals surface area contributed by atoms with Crippen molar-refractivity contribution in [2.45, 2.75) is 13.0 Å². The van der Waals surface area contributed by atoms with Gasteiger partial charge in [-0.25, -0.2) is 0 Å². The van der Waals surface area contributed by atoms with Crippen LogP contribution in [0.25, 0.3) is 0 Å². The van der Waals surface area contributed by atoms with E-state index in [0.717, 1.165) is 18.8 Å². The summed E-state index contributed by atoms with van der Waals surface area (Å²) in [4.78, 5) is 1.29. The summed E-state index contributed by atoms with van der Waals surface area (Å²) >= 11 is 15.0. The van der Waals surface area contributed by atoms with Crippen LogP contribution in [0.5, 0.6) is 0 Å². The number of hydrogen-bond donors (Lipinski definition) is 1. The second-order valence-corrected chi connectivity index (χ2v) is 7.91. The first-order valence-electron chi connectivity index (χ1n) is 5.41. The van der Waals surface area contributed by atoms with Gasteiger partial charge in [-0.15, -0.1) is 11.3 Å². The molecule has 1 nitrogen and oxygen atoms in total. The van der Waals surface area contributed by atoms with Crippen molar-refractivity contribution in [3.63, 3.8) is 0 Å². The van der Waals surface area contributed by atoms with Crippen molar-refractivity contribution in [2.75, 3.05) is 7.05 Å². The Morgan fingerprint density at radius 1 is 1.22 bits per heavy atom. The molecule has 0 aliphatic heterocycles. The molecule has 2 aromatic rings. The van der Waals surface area contributed by atoms with Gasteiger partial charge >= 0.3 is 0 Å². The van der Waals surface area contributed by atoms with Crippen LogP contribution in [0.3, 0.4) is 0 Å². The molecule has 5 heteroatoms. The van der Waals surface area contributed by atoms with Gasteiger partial charge in [-0.05, 0) is 59.2 Å². The molecule has 18 heavy (non-hydrogen) atoms. The molecule has 0 saturated heterocycles. The molecule has 1 heterocycles. The molecule has 1 aromatic carbocycles. The summed E-state index contributed by atoms with van der Waals surface area (Å²) in [5, 5.41) is 4.10. The summed E-state index contributed by atoms with van der Waals surface area (Å²) in [6, 6.07) is 8.27. The van der Waals surface area contributed by atoms with E-state index in [1.54, 1.807) is 11.3 Å². The first kappa shape index (κ1) is 14.5. The third kappa shape index (κ3) is 2.99. The maximum absolute atomic E-state index is 6.33. The van der Waals surface area contributed by atoms with Crippen LogP contribution in [0.15, 0.2) is 32.5 Å². The zero-order chi connectivity index (χ0) is 13.3. The highest BCUT2D eigenvalue weighted by atomic mass is 79.9. The Kier molecular flexibility index (Phi) is 4.89. The molecule has 96 valence electrons. The zero-order valence-electron chi connectivity index (χ0n) is 9.93. The second kappa shape index (κ2) is 6.06. The fourth-order valence-electron chi connectivity index (χ4n) is 1.96. The summed E-state index contributed by atoms with van der Waals surface area (Å²) in [5.74, 6) is 0. The van der Waals surface area contributed by atoms with E-state index < -0.39 is 0 Å². The van der Waals surface area contributed by atoms with Gasteiger partial charge in [0.1, 0.15) is 0 Å². The van der Waals surface area contributed by atoms with E-state index in [1.165, 1.54) is 10.4 Å². The van der Waals surface area contributed by atoms with E-state index in [-0.39, 0.29) is 6.04 Å². The minimum absolute atomic E-state index is 0.119. The fraction of sp³-hybridized carbons (Fsp3) is 0.231. The van der Waals surface area contributed by atoms with Crippen LogP contribution in [0.2, 0.25) is 5.02 Å². The third-order valence-electron chi connectivity index (χ3n) is 2.80. The number of halogens is 3. The van der Waals surface area contributed by atoms with Gasteiger partial charge in [0.05, 0.1) is 9.83 Å². The van der Waals surface area contributed by atoms with E-state index >= 15 is 0 Å². The largest absolute Gasteiger partial charge is 0.309 e. The molecule has 1 aromatic heterocycles. The highest BCUT2D eigenvalue weighted by Gasteiger charge is 2.19. The van der Waals surface area contributed by atoms with E-state index in [4.69, 9.17) is 11.6 Å². The van der Waals surface area contributed by atoms with Crippen LogP contribution in [-0.2, 0) is 0 Å². The zero-order valence-corrected chi connectivity index (χ0v) is 14.7. The first-order valence-corrected chi connectivity index (χ1v) is 8.19. The number of aryl methyl sites for hydroxylation is 1. The number of benzene rings is 1. The summed E-state index contributed by atoms with van der Waals surface area (Å²) < 4.78 is 2.14. The molecule has 0 radical (unpaired) electrons. The summed E-state index contributed by atoms with van der Waals surface area (Å²) in [6.45, 7) is 2.13. The molecule has 2 rings (SSSR count). The van der Waals surface area contributed by atoms with E-state index in [1.807, 2.05) is 19.2 Å². The van der Waals surface area contributed by atoms with E-state index in [9.17, 15) is 0 Å². The normalized spacial score (nSPS) is 12.7. The van der Waals surface area contributed by atoms with Gasteiger partial charge in [-0.3, -0.25) is 0 Å². The number of hydrogen-bond acceptors (Lipinski definition) is 2. The van der Waals surface area contributed by atoms with Crippen molar-refractivity contribution in [1.29, 1.82) is 0 Å². The maximum atomic E-state index is 6.33. The van der Waals surface area contributed by atoms with Gasteiger partial charge in [0.25, 0.3) is 0 Å². The van der Waals surface area contributed by atoms with Crippen LogP contribution in [0, 0.1) is 6.92 Å². The number of nitrogens with one attached hydrogen (secondary N) is 1. The van der Waals surface area contributed by atoms with Crippen LogP contribution in [-0.4, -0.2) is 7.05 Å². The van der Waals surface area contributed by atoms with Crippen LogP contribution < -0.4 is 5.32 Å². The lowest BCUT2D eigenvalue weighted by Gasteiger charge is -2.18. The van der Waals surface area contributed by atoms with Crippen molar-refractivity contribution >= 4 is 54.8 Å². The Hall–Kier alpha value is 0.130. The monoisotopic (exact) mass is 407 g/mol. The Balaban J connectivity index is 2.48. The SMILES string of the molecule is CNC(c1ccc(Br)cc1Cl)c1cc(Br)sc1C. The van der Waals surface area contributed by atoms with Gasteiger partial charge in [-0.2, -0.15) is 0 Å². The quantitative estimate of drug-likeness (QED) is 0.701. The van der Waals surface area contributed by atoms with Crippen molar-refractivity contribution in [2.24, 2.45) is 0 Å². The smallest absolute Gasteiger partial charge is 0.0704 e. The number of thiophene rings is 1. The van der Waals surface area contributed by atoms with E-state index in [0.29, 0.717) is 0 Å². The minimum atomic E-state index is 0.119. The lowest BCUT2D eigenvalue weighted by atomic mass is 10.00. The van der Waals surface area contributed by atoms with Crippen molar-refractivity contribution < 1.29 is 0 Å². The molecule has 0 amide bonds. The molecule has 0 aliphatic carbocycles. The molecule has 1 atom stereocenters. The first-order chi connectivity index (χ1) is 8.52. The Morgan fingerprint density at radius 3 is 2.44 bits per heavy atom. The minimum Gasteiger partial charge on any atom is -0.309 e. The lowest BCUT2D eigenvalue weighted by molar-refractivity contribution is 0.691. The Morgan fingerprint density at radius 2 is 1.94 bits per heavy atom. The second-order valence-electron chi connectivity index (χ2n) is 3.95. The van der Waals surface area contributed by atoms with Gasteiger partial charge in [0.2, 0.25) is 0 Å². The molecule has 0 aliphatic rings.